The second-order valence-electron chi connectivity index (χ2n) is 5.69. The van der Waals surface area contributed by atoms with E-state index in [0.29, 0.717) is 6.04 Å². The Kier molecular flexibility index (Phi) is 4.53. The highest BCUT2D eigenvalue weighted by molar-refractivity contribution is 7.86. The maximum Gasteiger partial charge on any atom is 0.264 e. The second-order valence-corrected chi connectivity index (χ2v) is 7.29. The molecule has 0 amide bonds. The molecular weight excluding hydrogens is 264 g/mol. The average Bonchev–Trinajstić information content (AvgIpc) is 2.32. The van der Waals surface area contributed by atoms with Crippen molar-refractivity contribution in [3.63, 3.8) is 0 Å². The van der Waals surface area contributed by atoms with Crippen molar-refractivity contribution in [2.24, 2.45) is 0 Å². The molecular formula is C13H24N2O3S. The van der Waals surface area contributed by atoms with Gasteiger partial charge in [-0.25, -0.2) is 0 Å². The summed E-state index contributed by atoms with van der Waals surface area (Å²) in [6.45, 7) is 7.11. The summed E-state index contributed by atoms with van der Waals surface area (Å²) in [6, 6.07) is 0.546. The summed E-state index contributed by atoms with van der Waals surface area (Å²) < 4.78 is 27.3. The fourth-order valence-electron chi connectivity index (χ4n) is 2.94. The molecule has 0 aromatic heterocycles. The third-order valence-electron chi connectivity index (χ3n) is 4.12. The predicted molar refractivity (Wildman–Crippen MR) is 75.3 cm³/mol. The maximum absolute atomic E-state index is 11.1. The van der Waals surface area contributed by atoms with Gasteiger partial charge in [-0.3, -0.25) is 9.08 Å². The molecule has 2 fully saturated rings. The monoisotopic (exact) mass is 288 g/mol. The third kappa shape index (κ3) is 4.19. The van der Waals surface area contributed by atoms with Crippen LogP contribution in [0, 0.1) is 0 Å². The van der Waals surface area contributed by atoms with Gasteiger partial charge in [-0.05, 0) is 25.7 Å². The lowest BCUT2D eigenvalue weighted by atomic mass is 9.91. The Morgan fingerprint density at radius 3 is 2.37 bits per heavy atom. The van der Waals surface area contributed by atoms with Crippen LogP contribution in [0.5, 0.6) is 0 Å². The van der Waals surface area contributed by atoms with E-state index in [4.69, 9.17) is 4.18 Å². The Morgan fingerprint density at radius 2 is 1.84 bits per heavy atom. The van der Waals surface area contributed by atoms with Crippen LogP contribution in [0.25, 0.3) is 0 Å². The SMILES string of the molecule is C=C1CN([C@H]2CC[C@H](OS(C)(=O)=O)CC2)CCN1C. The van der Waals surface area contributed by atoms with Crippen LogP contribution >= 0.6 is 0 Å². The molecule has 5 nitrogen and oxygen atoms in total. The molecule has 1 aliphatic carbocycles. The predicted octanol–water partition coefficient (Wildman–Crippen LogP) is 1.03. The Balaban J connectivity index is 1.82. The van der Waals surface area contributed by atoms with Crippen LogP contribution in [0.4, 0.5) is 0 Å². The van der Waals surface area contributed by atoms with Crippen LogP contribution in [0.15, 0.2) is 12.3 Å². The van der Waals surface area contributed by atoms with Crippen LogP contribution in [0.1, 0.15) is 25.7 Å². The molecule has 6 heteroatoms. The van der Waals surface area contributed by atoms with Gasteiger partial charge in [0, 0.05) is 38.4 Å². The highest BCUT2D eigenvalue weighted by atomic mass is 32.2. The van der Waals surface area contributed by atoms with Gasteiger partial charge < -0.3 is 4.90 Å². The number of hydrogen-bond acceptors (Lipinski definition) is 5. The van der Waals surface area contributed by atoms with Crippen LogP contribution in [0.3, 0.4) is 0 Å². The van der Waals surface area contributed by atoms with E-state index >= 15 is 0 Å². The second kappa shape index (κ2) is 5.81. The summed E-state index contributed by atoms with van der Waals surface area (Å²) in [4.78, 5) is 4.67. The minimum atomic E-state index is -3.32. The molecule has 0 aromatic carbocycles. The Bertz CT molecular complexity index is 427. The van der Waals surface area contributed by atoms with Gasteiger partial charge in [-0.2, -0.15) is 8.42 Å². The first-order valence-corrected chi connectivity index (χ1v) is 8.68. The average molecular weight is 288 g/mol. The topological polar surface area (TPSA) is 49.9 Å². The molecule has 1 heterocycles. The Hall–Kier alpha value is -0.590. The zero-order valence-electron chi connectivity index (χ0n) is 11.8. The van der Waals surface area contributed by atoms with E-state index in [1.165, 1.54) is 5.70 Å². The van der Waals surface area contributed by atoms with E-state index < -0.39 is 10.1 Å². The lowest BCUT2D eigenvalue weighted by Gasteiger charge is -2.42. The third-order valence-corrected chi connectivity index (χ3v) is 4.74. The molecule has 1 saturated carbocycles. The molecule has 0 N–H and O–H groups in total. The van der Waals surface area contributed by atoms with Crippen molar-refractivity contribution in [3.8, 4) is 0 Å². The van der Waals surface area contributed by atoms with Gasteiger partial charge in [0.25, 0.3) is 10.1 Å². The van der Waals surface area contributed by atoms with E-state index in [-0.39, 0.29) is 6.10 Å². The summed E-state index contributed by atoms with van der Waals surface area (Å²) in [5, 5.41) is 0. The highest BCUT2D eigenvalue weighted by Gasteiger charge is 2.30. The van der Waals surface area contributed by atoms with Gasteiger partial charge in [0.1, 0.15) is 0 Å². The van der Waals surface area contributed by atoms with E-state index in [2.05, 4.69) is 23.4 Å². The van der Waals surface area contributed by atoms with Gasteiger partial charge >= 0.3 is 0 Å². The number of rotatable bonds is 3. The van der Waals surface area contributed by atoms with Gasteiger partial charge in [-0.15, -0.1) is 0 Å². The molecule has 2 aliphatic rings. The van der Waals surface area contributed by atoms with Crippen molar-refractivity contribution < 1.29 is 12.6 Å². The van der Waals surface area contributed by atoms with Gasteiger partial charge in [0.2, 0.25) is 0 Å². The largest absolute Gasteiger partial charge is 0.376 e. The normalized spacial score (nSPS) is 30.6. The summed E-state index contributed by atoms with van der Waals surface area (Å²) >= 11 is 0. The molecule has 1 aliphatic heterocycles. The van der Waals surface area contributed by atoms with Crippen molar-refractivity contribution in [2.75, 3.05) is 32.9 Å². The zero-order chi connectivity index (χ0) is 14.0. The molecule has 1 saturated heterocycles. The maximum atomic E-state index is 11.1. The zero-order valence-corrected chi connectivity index (χ0v) is 12.7. The number of hydrogen-bond donors (Lipinski definition) is 0. The molecule has 0 spiro atoms. The first kappa shape index (κ1) is 14.8. The van der Waals surface area contributed by atoms with E-state index in [0.717, 1.165) is 51.6 Å². The van der Waals surface area contributed by atoms with Crippen molar-refractivity contribution in [1.29, 1.82) is 0 Å². The minimum Gasteiger partial charge on any atom is -0.376 e. The molecule has 2 rings (SSSR count). The number of piperazine rings is 1. The molecule has 0 bridgehead atoms. The number of likely N-dealkylation sites (N-methyl/N-ethyl adjacent to an activating group) is 1. The van der Waals surface area contributed by atoms with Crippen LogP contribution in [-0.2, 0) is 14.3 Å². The quantitative estimate of drug-likeness (QED) is 0.726. The van der Waals surface area contributed by atoms with Gasteiger partial charge in [-0.1, -0.05) is 6.58 Å². The number of nitrogens with zero attached hydrogens (tertiary/aromatic N) is 2. The molecule has 110 valence electrons. The summed E-state index contributed by atoms with van der Waals surface area (Å²) in [7, 11) is -1.24. The van der Waals surface area contributed by atoms with E-state index in [1.54, 1.807) is 0 Å². The van der Waals surface area contributed by atoms with Gasteiger partial charge in [0.15, 0.2) is 0 Å². The summed E-state index contributed by atoms with van der Waals surface area (Å²) in [5.74, 6) is 0. The molecule has 0 radical (unpaired) electrons. The lowest BCUT2D eigenvalue weighted by Crippen LogP contribution is -2.49. The van der Waals surface area contributed by atoms with Crippen molar-refractivity contribution in [3.05, 3.63) is 12.3 Å². The highest BCUT2D eigenvalue weighted by Crippen LogP contribution is 2.27. The first-order valence-electron chi connectivity index (χ1n) is 6.86. The minimum absolute atomic E-state index is 0.123. The van der Waals surface area contributed by atoms with E-state index in [1.807, 2.05) is 0 Å². The van der Waals surface area contributed by atoms with Crippen LogP contribution < -0.4 is 0 Å². The van der Waals surface area contributed by atoms with Crippen molar-refractivity contribution in [1.82, 2.24) is 9.80 Å². The molecule has 0 unspecified atom stereocenters. The van der Waals surface area contributed by atoms with Crippen LogP contribution in [0.2, 0.25) is 0 Å². The summed E-state index contributed by atoms with van der Waals surface area (Å²) in [5.41, 5.74) is 1.17. The molecule has 0 aromatic rings. The van der Waals surface area contributed by atoms with Crippen molar-refractivity contribution >= 4 is 10.1 Å². The Morgan fingerprint density at radius 1 is 1.21 bits per heavy atom. The lowest BCUT2D eigenvalue weighted by molar-refractivity contribution is 0.0766. The van der Waals surface area contributed by atoms with Gasteiger partial charge in [0.05, 0.1) is 12.4 Å². The Labute approximate surface area is 116 Å². The van der Waals surface area contributed by atoms with Crippen LogP contribution in [-0.4, -0.2) is 63.3 Å². The fourth-order valence-corrected chi connectivity index (χ4v) is 3.62. The smallest absolute Gasteiger partial charge is 0.264 e. The molecule has 0 atom stereocenters. The fraction of sp³-hybridized carbons (Fsp3) is 0.846. The first-order chi connectivity index (χ1) is 8.85. The molecule has 19 heavy (non-hydrogen) atoms. The van der Waals surface area contributed by atoms with E-state index in [9.17, 15) is 8.42 Å². The van der Waals surface area contributed by atoms with Crippen molar-refractivity contribution in [2.45, 2.75) is 37.8 Å². The summed E-state index contributed by atoms with van der Waals surface area (Å²) in [6.07, 6.45) is 4.69. The standard InChI is InChI=1S/C13H24N2O3S/c1-11-10-15(9-8-14(11)2)12-4-6-13(7-5-12)18-19(3,16)17/h12-13H,1,4-10H2,2-3H3/t12-,13-.